The first kappa shape index (κ1) is 33.6. The zero-order valence-electron chi connectivity index (χ0n) is 26.1. The van der Waals surface area contributed by atoms with Crippen LogP contribution in [-0.2, 0) is 22.6 Å². The number of carbonyl (C=O) groups is 2. The molecular formula is C34H29F2N5O6S. The lowest BCUT2D eigenvalue weighted by molar-refractivity contribution is -0.144. The predicted octanol–water partition coefficient (Wildman–Crippen LogP) is 5.60. The van der Waals surface area contributed by atoms with Gasteiger partial charge in [-0.15, -0.1) is 6.42 Å². The molecule has 3 aromatic carbocycles. The topological polar surface area (TPSA) is 139 Å². The van der Waals surface area contributed by atoms with Gasteiger partial charge in [-0.05, 0) is 60.9 Å². The zero-order valence-corrected chi connectivity index (χ0v) is 26.9. The Morgan fingerprint density at radius 3 is 2.58 bits per heavy atom. The van der Waals surface area contributed by atoms with E-state index in [9.17, 15) is 18.4 Å². The summed E-state index contributed by atoms with van der Waals surface area (Å²) in [6, 6.07) is 14.6. The molecule has 11 nitrogen and oxygen atoms in total. The third-order valence-corrected chi connectivity index (χ3v) is 7.99. The Balaban J connectivity index is 0.000000191. The first-order valence-corrected chi connectivity index (χ1v) is 15.3. The molecule has 0 radical (unpaired) electrons. The molecule has 2 aliphatic rings. The van der Waals surface area contributed by atoms with Gasteiger partial charge in [-0.2, -0.15) is 9.64 Å². The van der Waals surface area contributed by atoms with Crippen LogP contribution in [0.15, 0.2) is 59.6 Å². The van der Waals surface area contributed by atoms with Crippen molar-refractivity contribution in [2.45, 2.75) is 39.8 Å². The zero-order chi connectivity index (χ0) is 34.6. The number of rotatable bonds is 7. The van der Waals surface area contributed by atoms with Gasteiger partial charge in [0.05, 0.1) is 23.9 Å². The van der Waals surface area contributed by atoms with Crippen LogP contribution in [0.5, 0.6) is 23.0 Å². The van der Waals surface area contributed by atoms with Gasteiger partial charge >= 0.3 is 5.97 Å². The highest BCUT2D eigenvalue weighted by Gasteiger charge is 2.31. The molecule has 0 saturated carbocycles. The number of halogens is 2. The van der Waals surface area contributed by atoms with Gasteiger partial charge in [-0.1, -0.05) is 19.8 Å². The van der Waals surface area contributed by atoms with Crippen LogP contribution in [0.4, 0.5) is 20.2 Å². The van der Waals surface area contributed by atoms with Crippen molar-refractivity contribution in [2.75, 3.05) is 18.1 Å². The lowest BCUT2D eigenvalue weighted by Gasteiger charge is -2.28. The maximum Gasteiger partial charge on any atom is 0.344 e. The molecule has 0 unspecified atom stereocenters. The largest absolute Gasteiger partial charge is 0.481 e. The van der Waals surface area contributed by atoms with Crippen molar-refractivity contribution >= 4 is 34.8 Å². The maximum absolute atomic E-state index is 14.5. The molecule has 14 heteroatoms. The monoisotopic (exact) mass is 673 g/mol. The molecule has 0 aliphatic carbocycles. The number of carbonyl (C=O) groups excluding carboxylic acids is 1. The first-order valence-electron chi connectivity index (χ1n) is 14.5. The number of carboxylic acids is 1. The second-order valence-corrected chi connectivity index (χ2v) is 12.3. The van der Waals surface area contributed by atoms with Gasteiger partial charge in [0.1, 0.15) is 28.8 Å². The minimum atomic E-state index is -1.07. The van der Waals surface area contributed by atoms with Crippen LogP contribution in [0.3, 0.4) is 0 Å². The second-order valence-electron chi connectivity index (χ2n) is 11.6. The van der Waals surface area contributed by atoms with Gasteiger partial charge in [-0.25, -0.2) is 18.6 Å². The summed E-state index contributed by atoms with van der Waals surface area (Å²) in [5.41, 5.74) is 0.883. The molecule has 0 bridgehead atoms. The third kappa shape index (κ3) is 7.62. The van der Waals surface area contributed by atoms with Gasteiger partial charge in [-0.3, -0.25) is 9.69 Å². The summed E-state index contributed by atoms with van der Waals surface area (Å²) in [4.78, 5) is 29.2. The van der Waals surface area contributed by atoms with E-state index in [-0.39, 0.29) is 41.5 Å². The highest BCUT2D eigenvalue weighted by Crippen LogP contribution is 2.37. The number of fused-ring (bicyclic) bond motifs is 2. The van der Waals surface area contributed by atoms with E-state index in [2.05, 4.69) is 29.1 Å². The van der Waals surface area contributed by atoms with E-state index in [0.717, 1.165) is 24.9 Å². The van der Waals surface area contributed by atoms with Crippen LogP contribution in [0.25, 0.3) is 0 Å². The molecule has 2 aliphatic heterocycles. The lowest BCUT2D eigenvalue weighted by Crippen LogP contribution is -2.39. The van der Waals surface area contributed by atoms with Crippen molar-refractivity contribution < 1.29 is 37.7 Å². The summed E-state index contributed by atoms with van der Waals surface area (Å²) in [6.45, 7) is 6.47. The minimum absolute atomic E-state index is 0.00780. The van der Waals surface area contributed by atoms with Crippen LogP contribution >= 0.6 is 11.5 Å². The van der Waals surface area contributed by atoms with E-state index in [1.165, 1.54) is 71.9 Å². The van der Waals surface area contributed by atoms with Gasteiger partial charge < -0.3 is 23.9 Å². The molecule has 1 N–H and O–H groups in total. The molecule has 0 spiro atoms. The number of carboxylic acid groups (broad SMARTS) is 1. The Hall–Kier alpha value is -5.73. The summed E-state index contributed by atoms with van der Waals surface area (Å²) in [5, 5.41) is 17.4. The average Bonchev–Trinajstić information content (AvgIpc) is 3.56. The van der Waals surface area contributed by atoms with Crippen LogP contribution in [-0.4, -0.2) is 45.2 Å². The predicted molar refractivity (Wildman–Crippen MR) is 171 cm³/mol. The van der Waals surface area contributed by atoms with E-state index >= 15 is 0 Å². The number of hydrogen-bond acceptors (Lipinski definition) is 9. The SMILES string of the molecule is C#CCN1C(=O)COc2cc(F)c(N=c3snc4n3CC(C)(C)C4)cc21.C[C@@H](Oc1ccc(Oc2ccc(C#N)cc2F)cc1)C(=O)O. The quantitative estimate of drug-likeness (QED) is 0.250. The second kappa shape index (κ2) is 13.9. The van der Waals surface area contributed by atoms with Crippen molar-refractivity contribution in [3.8, 4) is 41.4 Å². The fraction of sp³-hybridized carbons (Fsp3) is 0.265. The number of nitriles is 1. The fourth-order valence-corrected chi connectivity index (χ4v) is 5.62. The molecule has 3 heterocycles. The Labute approximate surface area is 278 Å². The minimum Gasteiger partial charge on any atom is -0.481 e. The van der Waals surface area contributed by atoms with Gasteiger partial charge in [0.25, 0.3) is 5.91 Å². The third-order valence-electron chi connectivity index (χ3n) is 7.21. The van der Waals surface area contributed by atoms with Crippen molar-refractivity contribution in [2.24, 2.45) is 10.4 Å². The van der Waals surface area contributed by atoms with E-state index in [1.54, 1.807) is 0 Å². The summed E-state index contributed by atoms with van der Waals surface area (Å²) in [5.74, 6) is 1.93. The number of ether oxygens (including phenoxy) is 3. The first-order chi connectivity index (χ1) is 22.9. The fourth-order valence-electron chi connectivity index (χ4n) is 4.87. The molecule has 0 saturated heterocycles. The van der Waals surface area contributed by atoms with Gasteiger partial charge in [0.2, 0.25) is 4.80 Å². The van der Waals surface area contributed by atoms with Crippen LogP contribution < -0.4 is 23.9 Å². The standard InChI is InChI=1S/C18H17FN4O2S.C16H12FNO4/c1-4-5-22-13-7-12(11(19)6-14(13)25-9-16(22)24)20-17-23-10-18(2,3)8-15(23)21-26-17;1-10(16(19)20)21-12-3-5-13(6-4-12)22-15-7-2-11(9-18)8-14(15)17/h1,6-7H,5,8-10H2,2-3H3;2-8,10H,1H3,(H,19,20)/t;10-/m.1/s1. The molecule has 1 atom stereocenters. The Bertz CT molecular complexity index is 2030. The van der Waals surface area contributed by atoms with Crippen LogP contribution in [0.2, 0.25) is 0 Å². The van der Waals surface area contributed by atoms with Crippen molar-refractivity contribution in [1.82, 2.24) is 8.94 Å². The molecule has 48 heavy (non-hydrogen) atoms. The highest BCUT2D eigenvalue weighted by molar-refractivity contribution is 7.02. The molecule has 0 fully saturated rings. The molecule has 1 amide bonds. The van der Waals surface area contributed by atoms with Crippen molar-refractivity contribution in [3.63, 3.8) is 0 Å². The van der Waals surface area contributed by atoms with Crippen LogP contribution in [0.1, 0.15) is 32.2 Å². The number of aliphatic carboxylic acids is 1. The number of aromatic nitrogens is 2. The number of anilines is 1. The molecule has 1 aromatic heterocycles. The average molecular weight is 674 g/mol. The van der Waals surface area contributed by atoms with Crippen molar-refractivity contribution in [1.29, 1.82) is 5.26 Å². The Morgan fingerprint density at radius 1 is 1.19 bits per heavy atom. The van der Waals surface area contributed by atoms with E-state index in [0.29, 0.717) is 27.7 Å². The Kier molecular flexibility index (Phi) is 9.77. The number of hydrogen-bond donors (Lipinski definition) is 1. The number of benzene rings is 3. The summed E-state index contributed by atoms with van der Waals surface area (Å²) in [7, 11) is 0. The highest BCUT2D eigenvalue weighted by atomic mass is 32.1. The summed E-state index contributed by atoms with van der Waals surface area (Å²) < 4.78 is 50.5. The number of amides is 1. The molecular weight excluding hydrogens is 644 g/mol. The van der Waals surface area contributed by atoms with Gasteiger partial charge in [0, 0.05) is 30.6 Å². The van der Waals surface area contributed by atoms with Gasteiger partial charge in [0.15, 0.2) is 30.1 Å². The van der Waals surface area contributed by atoms with E-state index in [1.807, 2.05) is 10.6 Å². The lowest BCUT2D eigenvalue weighted by atomic mass is 9.92. The van der Waals surface area contributed by atoms with Crippen LogP contribution in [0, 0.1) is 40.7 Å². The number of nitrogens with zero attached hydrogens (tertiary/aromatic N) is 5. The Morgan fingerprint density at radius 2 is 1.92 bits per heavy atom. The maximum atomic E-state index is 14.5. The normalized spacial score (nSPS) is 15.1. The summed E-state index contributed by atoms with van der Waals surface area (Å²) >= 11 is 1.24. The van der Waals surface area contributed by atoms with Crippen molar-refractivity contribution in [3.05, 3.63) is 82.4 Å². The summed E-state index contributed by atoms with van der Waals surface area (Å²) in [6.07, 6.45) is 5.25. The number of terminal acetylenes is 1. The van der Waals surface area contributed by atoms with E-state index in [4.69, 9.17) is 31.0 Å². The van der Waals surface area contributed by atoms with E-state index < -0.39 is 23.7 Å². The molecule has 4 aromatic rings. The smallest absolute Gasteiger partial charge is 0.344 e. The molecule has 6 rings (SSSR count). The molecule has 246 valence electrons.